The normalized spacial score (nSPS) is 12.5. The number of halogens is 2. The maximum atomic E-state index is 6.21. The molecule has 0 heterocycles. The fraction of sp³-hybridized carbons (Fsp3) is 0.250. The Morgan fingerprint density at radius 3 is 2.05 bits per heavy atom. The summed E-state index contributed by atoms with van der Waals surface area (Å²) in [6.07, 6.45) is 0. The second-order valence-corrected chi connectivity index (χ2v) is 5.55. The van der Waals surface area contributed by atoms with Gasteiger partial charge in [-0.3, -0.25) is 0 Å². The van der Waals surface area contributed by atoms with Crippen LogP contribution in [0.4, 0.5) is 0 Å². The number of rotatable bonds is 3. The molecule has 0 saturated heterocycles. The van der Waals surface area contributed by atoms with Crippen molar-refractivity contribution in [3.8, 4) is 0 Å². The van der Waals surface area contributed by atoms with Gasteiger partial charge in [-0.15, -0.1) is 0 Å². The van der Waals surface area contributed by atoms with Gasteiger partial charge in [0.1, 0.15) is 0 Å². The van der Waals surface area contributed by atoms with Crippen molar-refractivity contribution >= 4 is 23.2 Å². The third kappa shape index (κ3) is 3.11. The molecule has 0 aliphatic heterocycles. The largest absolute Gasteiger partial charge is 0.309 e. The molecule has 2 aromatic carbocycles. The maximum Gasteiger partial charge on any atom is 0.0574 e. The van der Waals surface area contributed by atoms with E-state index in [9.17, 15) is 0 Å². The Balaban J connectivity index is 2.43. The molecule has 2 aromatic rings. The fourth-order valence-corrected chi connectivity index (χ4v) is 2.47. The Morgan fingerprint density at radius 2 is 1.47 bits per heavy atom. The molecule has 19 heavy (non-hydrogen) atoms. The van der Waals surface area contributed by atoms with E-state index in [-0.39, 0.29) is 6.04 Å². The van der Waals surface area contributed by atoms with Crippen LogP contribution in [0.1, 0.15) is 28.3 Å². The van der Waals surface area contributed by atoms with Crippen molar-refractivity contribution in [1.29, 1.82) is 0 Å². The lowest BCUT2D eigenvalue weighted by molar-refractivity contribution is 0.691. The summed E-state index contributed by atoms with van der Waals surface area (Å²) in [6.45, 7) is 4.02. The molecule has 100 valence electrons. The molecule has 2 rings (SSSR count). The van der Waals surface area contributed by atoms with Crippen LogP contribution < -0.4 is 5.32 Å². The third-order valence-electron chi connectivity index (χ3n) is 3.33. The zero-order chi connectivity index (χ0) is 14.0. The van der Waals surface area contributed by atoms with Crippen molar-refractivity contribution in [1.82, 2.24) is 5.32 Å². The highest BCUT2D eigenvalue weighted by Crippen LogP contribution is 2.28. The van der Waals surface area contributed by atoms with Crippen LogP contribution in [-0.2, 0) is 0 Å². The van der Waals surface area contributed by atoms with Crippen LogP contribution in [0.25, 0.3) is 0 Å². The Hall–Kier alpha value is -1.02. The summed E-state index contributed by atoms with van der Waals surface area (Å²) in [7, 11) is 1.95. The summed E-state index contributed by atoms with van der Waals surface area (Å²) < 4.78 is 0. The van der Waals surface area contributed by atoms with Crippen molar-refractivity contribution in [3.05, 3.63) is 68.7 Å². The van der Waals surface area contributed by atoms with Gasteiger partial charge in [-0.2, -0.15) is 0 Å². The zero-order valence-electron chi connectivity index (χ0n) is 11.3. The average Bonchev–Trinajstić information content (AvgIpc) is 2.39. The lowest BCUT2D eigenvalue weighted by atomic mass is 9.97. The lowest BCUT2D eigenvalue weighted by Crippen LogP contribution is -2.17. The minimum atomic E-state index is 0.120. The molecule has 1 unspecified atom stereocenters. The molecular weight excluding hydrogens is 277 g/mol. The Morgan fingerprint density at radius 1 is 0.842 bits per heavy atom. The molecule has 0 saturated carbocycles. The first-order chi connectivity index (χ1) is 9.02. The van der Waals surface area contributed by atoms with Crippen molar-refractivity contribution < 1.29 is 0 Å². The summed E-state index contributed by atoms with van der Waals surface area (Å²) in [5, 5.41) is 4.91. The molecule has 1 atom stereocenters. The van der Waals surface area contributed by atoms with E-state index < -0.39 is 0 Å². The second kappa shape index (κ2) is 5.96. The van der Waals surface area contributed by atoms with Gasteiger partial charge >= 0.3 is 0 Å². The van der Waals surface area contributed by atoms with Crippen LogP contribution in [-0.4, -0.2) is 7.05 Å². The summed E-state index contributed by atoms with van der Waals surface area (Å²) in [5.41, 5.74) is 4.51. The highest BCUT2D eigenvalue weighted by Gasteiger charge is 2.13. The molecule has 0 amide bonds. The van der Waals surface area contributed by atoms with E-state index in [1.54, 1.807) is 0 Å². The molecule has 0 radical (unpaired) electrons. The Bertz CT molecular complexity index is 542. The molecule has 0 aliphatic carbocycles. The standard InChI is InChI=1S/C16H17Cl2N/c1-10-4-5-13(9-15(10)18)16(19-3)12-6-7-14(17)11(2)8-12/h4-9,16,19H,1-3H3. The van der Waals surface area contributed by atoms with Crippen LogP contribution in [0.15, 0.2) is 36.4 Å². The molecule has 3 heteroatoms. The SMILES string of the molecule is CNC(c1ccc(Cl)c(C)c1)c1ccc(C)c(Cl)c1. The summed E-state index contributed by atoms with van der Waals surface area (Å²) >= 11 is 12.3. The van der Waals surface area contributed by atoms with E-state index in [0.717, 1.165) is 26.7 Å². The van der Waals surface area contributed by atoms with Crippen molar-refractivity contribution in [2.24, 2.45) is 0 Å². The second-order valence-electron chi connectivity index (χ2n) is 4.74. The quantitative estimate of drug-likeness (QED) is 0.847. The molecule has 0 aliphatic rings. The molecule has 0 fully saturated rings. The van der Waals surface area contributed by atoms with E-state index in [4.69, 9.17) is 23.2 Å². The number of hydrogen-bond acceptors (Lipinski definition) is 1. The smallest absolute Gasteiger partial charge is 0.0574 e. The van der Waals surface area contributed by atoms with E-state index in [1.165, 1.54) is 5.56 Å². The fourth-order valence-electron chi connectivity index (χ4n) is 2.16. The number of benzene rings is 2. The minimum absolute atomic E-state index is 0.120. The monoisotopic (exact) mass is 293 g/mol. The highest BCUT2D eigenvalue weighted by atomic mass is 35.5. The van der Waals surface area contributed by atoms with E-state index in [2.05, 4.69) is 17.4 Å². The van der Waals surface area contributed by atoms with Gasteiger partial charge in [0.25, 0.3) is 0 Å². The first-order valence-electron chi connectivity index (χ1n) is 6.22. The van der Waals surface area contributed by atoms with Gasteiger partial charge < -0.3 is 5.32 Å². The third-order valence-corrected chi connectivity index (χ3v) is 4.16. The van der Waals surface area contributed by atoms with Gasteiger partial charge in [-0.1, -0.05) is 47.5 Å². The highest BCUT2D eigenvalue weighted by molar-refractivity contribution is 6.31. The Kier molecular flexibility index (Phi) is 4.51. The number of aryl methyl sites for hydroxylation is 2. The summed E-state index contributed by atoms with van der Waals surface area (Å²) in [4.78, 5) is 0. The maximum absolute atomic E-state index is 6.21. The first kappa shape index (κ1) is 14.4. The van der Waals surface area contributed by atoms with E-state index in [1.807, 2.05) is 45.2 Å². The van der Waals surface area contributed by atoms with Crippen LogP contribution in [0.3, 0.4) is 0 Å². The molecule has 0 aromatic heterocycles. The van der Waals surface area contributed by atoms with Gasteiger partial charge in [0, 0.05) is 10.0 Å². The van der Waals surface area contributed by atoms with Gasteiger partial charge in [0.15, 0.2) is 0 Å². The number of hydrogen-bond donors (Lipinski definition) is 1. The van der Waals surface area contributed by atoms with Gasteiger partial charge in [0.2, 0.25) is 0 Å². The predicted molar refractivity (Wildman–Crippen MR) is 83.3 cm³/mol. The van der Waals surface area contributed by atoms with Crippen LogP contribution in [0.5, 0.6) is 0 Å². The predicted octanol–water partition coefficient (Wildman–Crippen LogP) is 4.92. The van der Waals surface area contributed by atoms with Crippen molar-refractivity contribution in [3.63, 3.8) is 0 Å². The molecule has 0 spiro atoms. The molecule has 0 bridgehead atoms. The molecule has 1 N–H and O–H groups in total. The van der Waals surface area contributed by atoms with E-state index >= 15 is 0 Å². The van der Waals surface area contributed by atoms with E-state index in [0.29, 0.717) is 0 Å². The minimum Gasteiger partial charge on any atom is -0.309 e. The van der Waals surface area contributed by atoms with Crippen LogP contribution >= 0.6 is 23.2 Å². The van der Waals surface area contributed by atoms with Crippen molar-refractivity contribution in [2.45, 2.75) is 19.9 Å². The zero-order valence-corrected chi connectivity index (χ0v) is 12.8. The summed E-state index contributed by atoms with van der Waals surface area (Å²) in [6, 6.07) is 12.4. The van der Waals surface area contributed by atoms with Gasteiger partial charge in [0.05, 0.1) is 6.04 Å². The number of nitrogens with one attached hydrogen (secondary N) is 1. The van der Waals surface area contributed by atoms with Gasteiger partial charge in [-0.05, 0) is 55.3 Å². The molecular formula is C16H17Cl2N. The topological polar surface area (TPSA) is 12.0 Å². The molecule has 1 nitrogen and oxygen atoms in total. The lowest BCUT2D eigenvalue weighted by Gasteiger charge is -2.19. The van der Waals surface area contributed by atoms with Gasteiger partial charge in [-0.25, -0.2) is 0 Å². The van der Waals surface area contributed by atoms with Crippen LogP contribution in [0.2, 0.25) is 10.0 Å². The summed E-state index contributed by atoms with van der Waals surface area (Å²) in [5.74, 6) is 0. The van der Waals surface area contributed by atoms with Crippen molar-refractivity contribution in [2.75, 3.05) is 7.05 Å². The Labute approximate surface area is 124 Å². The van der Waals surface area contributed by atoms with Crippen LogP contribution in [0, 0.1) is 13.8 Å². The average molecular weight is 294 g/mol. The first-order valence-corrected chi connectivity index (χ1v) is 6.98.